The van der Waals surface area contributed by atoms with Crippen molar-refractivity contribution in [3.8, 4) is 5.75 Å². The molecule has 1 heterocycles. The summed E-state index contributed by atoms with van der Waals surface area (Å²) in [5, 5.41) is 8.93. The molecular formula is C15H21NO3. The van der Waals surface area contributed by atoms with Crippen molar-refractivity contribution < 1.29 is 14.6 Å². The highest BCUT2D eigenvalue weighted by Crippen LogP contribution is 2.24. The zero-order valence-electron chi connectivity index (χ0n) is 11.6. The van der Waals surface area contributed by atoms with Crippen molar-refractivity contribution in [3.05, 3.63) is 29.3 Å². The number of rotatable bonds is 5. The van der Waals surface area contributed by atoms with Crippen LogP contribution >= 0.6 is 0 Å². The largest absolute Gasteiger partial charge is 0.496 e. The second kappa shape index (κ2) is 6.06. The number of likely N-dealkylation sites (tertiary alicyclic amines) is 1. The number of carboxylic acids is 1. The third kappa shape index (κ3) is 3.47. The van der Waals surface area contributed by atoms with Crippen LogP contribution in [-0.2, 0) is 11.3 Å². The Labute approximate surface area is 114 Å². The number of hydrogen-bond donors (Lipinski definition) is 1. The molecule has 4 heteroatoms. The molecule has 1 aromatic carbocycles. The molecule has 0 spiro atoms. The van der Waals surface area contributed by atoms with Gasteiger partial charge >= 0.3 is 5.97 Å². The van der Waals surface area contributed by atoms with Crippen molar-refractivity contribution >= 4 is 5.97 Å². The van der Waals surface area contributed by atoms with E-state index in [4.69, 9.17) is 9.84 Å². The van der Waals surface area contributed by atoms with E-state index in [1.807, 2.05) is 13.0 Å². The Morgan fingerprint density at radius 1 is 1.53 bits per heavy atom. The molecule has 1 saturated heterocycles. The lowest BCUT2D eigenvalue weighted by atomic mass is 10.1. The van der Waals surface area contributed by atoms with Crippen LogP contribution < -0.4 is 4.74 Å². The lowest BCUT2D eigenvalue weighted by molar-refractivity contribution is -0.138. The van der Waals surface area contributed by atoms with E-state index in [9.17, 15) is 4.79 Å². The number of nitrogens with zero attached hydrogens (tertiary/aromatic N) is 1. The first kappa shape index (κ1) is 13.9. The summed E-state index contributed by atoms with van der Waals surface area (Å²) < 4.78 is 5.25. The topological polar surface area (TPSA) is 49.8 Å². The minimum absolute atomic E-state index is 0.180. The highest BCUT2D eigenvalue weighted by Gasteiger charge is 2.26. The number of carboxylic acid groups (broad SMARTS) is 1. The lowest BCUT2D eigenvalue weighted by Gasteiger charge is -2.23. The molecule has 19 heavy (non-hydrogen) atoms. The molecule has 104 valence electrons. The molecule has 0 radical (unpaired) electrons. The fraction of sp³-hybridized carbons (Fsp3) is 0.533. The van der Waals surface area contributed by atoms with Crippen molar-refractivity contribution in [3.63, 3.8) is 0 Å². The van der Waals surface area contributed by atoms with Crippen molar-refractivity contribution in [2.24, 2.45) is 0 Å². The smallest absolute Gasteiger partial charge is 0.304 e. The minimum Gasteiger partial charge on any atom is -0.496 e. The highest BCUT2D eigenvalue weighted by atomic mass is 16.5. The molecular weight excluding hydrogens is 242 g/mol. The monoisotopic (exact) mass is 263 g/mol. The molecule has 0 aromatic heterocycles. The zero-order chi connectivity index (χ0) is 13.8. The quantitative estimate of drug-likeness (QED) is 0.886. The normalized spacial score (nSPS) is 19.6. The summed E-state index contributed by atoms with van der Waals surface area (Å²) >= 11 is 0. The molecule has 1 unspecified atom stereocenters. The Kier molecular flexibility index (Phi) is 4.43. The van der Waals surface area contributed by atoms with Crippen molar-refractivity contribution in [1.29, 1.82) is 0 Å². The van der Waals surface area contributed by atoms with Crippen LogP contribution in [0.1, 0.15) is 30.4 Å². The van der Waals surface area contributed by atoms with E-state index < -0.39 is 5.97 Å². The number of benzene rings is 1. The Hall–Kier alpha value is -1.55. The van der Waals surface area contributed by atoms with Gasteiger partial charge in [0.05, 0.1) is 13.5 Å². The van der Waals surface area contributed by atoms with Gasteiger partial charge in [0.15, 0.2) is 0 Å². The predicted molar refractivity (Wildman–Crippen MR) is 73.4 cm³/mol. The molecule has 1 atom stereocenters. The van der Waals surface area contributed by atoms with Crippen LogP contribution in [0, 0.1) is 6.92 Å². The van der Waals surface area contributed by atoms with Gasteiger partial charge in [0.1, 0.15) is 5.75 Å². The maximum Gasteiger partial charge on any atom is 0.304 e. The minimum atomic E-state index is -0.706. The average molecular weight is 263 g/mol. The first-order chi connectivity index (χ1) is 9.10. The second-order valence-corrected chi connectivity index (χ2v) is 5.17. The van der Waals surface area contributed by atoms with E-state index >= 15 is 0 Å². The van der Waals surface area contributed by atoms with Gasteiger partial charge in [0, 0.05) is 12.6 Å². The van der Waals surface area contributed by atoms with E-state index in [1.165, 1.54) is 5.56 Å². The van der Waals surface area contributed by atoms with E-state index in [2.05, 4.69) is 17.0 Å². The van der Waals surface area contributed by atoms with Gasteiger partial charge in [-0.25, -0.2) is 0 Å². The molecule has 0 saturated carbocycles. The second-order valence-electron chi connectivity index (χ2n) is 5.17. The number of carbonyl (C=O) groups is 1. The van der Waals surface area contributed by atoms with Crippen LogP contribution in [0.15, 0.2) is 18.2 Å². The molecule has 2 rings (SSSR count). The Morgan fingerprint density at radius 3 is 2.95 bits per heavy atom. The highest BCUT2D eigenvalue weighted by molar-refractivity contribution is 5.67. The molecule has 1 aliphatic heterocycles. The third-order valence-corrected chi connectivity index (χ3v) is 3.75. The van der Waals surface area contributed by atoms with E-state index in [0.29, 0.717) is 0 Å². The summed E-state index contributed by atoms with van der Waals surface area (Å²) in [4.78, 5) is 13.1. The van der Waals surface area contributed by atoms with Crippen molar-refractivity contribution in [2.75, 3.05) is 13.7 Å². The van der Waals surface area contributed by atoms with Crippen molar-refractivity contribution in [1.82, 2.24) is 4.90 Å². The fourth-order valence-corrected chi connectivity index (χ4v) is 2.81. The van der Waals surface area contributed by atoms with Crippen LogP contribution in [-0.4, -0.2) is 35.7 Å². The first-order valence-corrected chi connectivity index (χ1v) is 6.69. The van der Waals surface area contributed by atoms with Crippen molar-refractivity contribution in [2.45, 2.75) is 38.8 Å². The SMILES string of the molecule is COc1ccc(CN2CCCC2CC(=O)O)cc1C. The molecule has 1 N–H and O–H groups in total. The summed E-state index contributed by atoms with van der Waals surface area (Å²) in [6.07, 6.45) is 2.32. The Morgan fingerprint density at radius 2 is 2.32 bits per heavy atom. The first-order valence-electron chi connectivity index (χ1n) is 6.69. The number of methoxy groups -OCH3 is 1. The maximum atomic E-state index is 10.8. The van der Waals surface area contributed by atoms with Gasteiger partial charge in [-0.1, -0.05) is 12.1 Å². The van der Waals surface area contributed by atoms with Crippen LogP contribution in [0.4, 0.5) is 0 Å². The van der Waals surface area contributed by atoms with Gasteiger partial charge in [-0.2, -0.15) is 0 Å². The molecule has 1 fully saturated rings. The summed E-state index contributed by atoms with van der Waals surface area (Å²) in [6.45, 7) is 3.84. The fourth-order valence-electron chi connectivity index (χ4n) is 2.81. The van der Waals surface area contributed by atoms with Gasteiger partial charge in [0.25, 0.3) is 0 Å². The molecule has 0 bridgehead atoms. The van der Waals surface area contributed by atoms with Crippen LogP contribution in [0.5, 0.6) is 5.75 Å². The summed E-state index contributed by atoms with van der Waals surface area (Å²) in [6, 6.07) is 6.34. The van der Waals surface area contributed by atoms with Gasteiger partial charge in [0.2, 0.25) is 0 Å². The van der Waals surface area contributed by atoms with Gasteiger partial charge in [-0.15, -0.1) is 0 Å². The summed E-state index contributed by atoms with van der Waals surface area (Å²) in [5.41, 5.74) is 2.34. The number of ether oxygens (including phenoxy) is 1. The van der Waals surface area contributed by atoms with E-state index in [1.54, 1.807) is 7.11 Å². The van der Waals surface area contributed by atoms with Crippen LogP contribution in [0.2, 0.25) is 0 Å². The van der Waals surface area contributed by atoms with Crippen LogP contribution in [0.25, 0.3) is 0 Å². The molecule has 0 aliphatic carbocycles. The van der Waals surface area contributed by atoms with Gasteiger partial charge < -0.3 is 9.84 Å². The Bertz CT molecular complexity index is 459. The van der Waals surface area contributed by atoms with E-state index in [-0.39, 0.29) is 12.5 Å². The molecule has 4 nitrogen and oxygen atoms in total. The number of aliphatic carboxylic acids is 1. The molecule has 1 aromatic rings. The van der Waals surface area contributed by atoms with E-state index in [0.717, 1.165) is 37.2 Å². The van der Waals surface area contributed by atoms with Gasteiger partial charge in [-0.05, 0) is 43.5 Å². The number of hydrogen-bond acceptors (Lipinski definition) is 3. The average Bonchev–Trinajstić information content (AvgIpc) is 2.76. The molecule has 0 amide bonds. The number of aryl methyl sites for hydroxylation is 1. The summed E-state index contributed by atoms with van der Waals surface area (Å²) in [7, 11) is 1.67. The van der Waals surface area contributed by atoms with Crippen LogP contribution in [0.3, 0.4) is 0 Å². The lowest BCUT2D eigenvalue weighted by Crippen LogP contribution is -2.30. The zero-order valence-corrected chi connectivity index (χ0v) is 11.6. The third-order valence-electron chi connectivity index (χ3n) is 3.75. The molecule has 1 aliphatic rings. The van der Waals surface area contributed by atoms with Gasteiger partial charge in [-0.3, -0.25) is 9.69 Å². The predicted octanol–water partition coefficient (Wildman–Crippen LogP) is 2.44. The Balaban J connectivity index is 2.03. The standard InChI is InChI=1S/C15H21NO3/c1-11-8-12(5-6-14(11)19-2)10-16-7-3-4-13(16)9-15(17)18/h5-6,8,13H,3-4,7,9-10H2,1-2H3,(H,17,18). The maximum absolute atomic E-state index is 10.8. The summed E-state index contributed by atoms with van der Waals surface area (Å²) in [5.74, 6) is 0.190.